The van der Waals surface area contributed by atoms with Gasteiger partial charge >= 0.3 is 11.9 Å². The number of quaternary nitrogens is 1. The molecule has 5 N–H and O–H groups in total. The standard InChI is InChI=1S/C25H30N6O7S2/c1-25(2,23(36)37)38-29-16(15-11-40-24(26)27-15)19(32)28-17-20(33)30-18(22(34)35)14(10-39-21(17)30)9-31(3)7-12-5-4-6-13(12)8-31/h11,17,21H,4-10H2,1-3H3,(H4-,26,27,28,32,34,35,36,37)/p+1/b29-16-/t17-,21-/m1/s1. The van der Waals surface area contributed by atoms with E-state index in [0.717, 1.165) is 37.3 Å². The molecule has 13 nitrogen and oxygen atoms in total. The maximum Gasteiger partial charge on any atom is 0.352 e. The number of nitrogen functional groups attached to an aromatic ring is 1. The van der Waals surface area contributed by atoms with Crippen LogP contribution in [-0.2, 0) is 24.0 Å². The number of aromatic nitrogens is 1. The topological polar surface area (TPSA) is 185 Å². The summed E-state index contributed by atoms with van der Waals surface area (Å²) in [5, 5.41) is 26.8. The van der Waals surface area contributed by atoms with Gasteiger partial charge in [0.05, 0.1) is 7.05 Å². The van der Waals surface area contributed by atoms with E-state index in [1.54, 1.807) is 0 Å². The quantitative estimate of drug-likeness (QED) is 0.106. The van der Waals surface area contributed by atoms with Crippen molar-refractivity contribution in [2.75, 3.05) is 38.2 Å². The molecular weight excluding hydrogens is 560 g/mol. The highest BCUT2D eigenvalue weighted by molar-refractivity contribution is 8.00. The van der Waals surface area contributed by atoms with Gasteiger partial charge in [0.2, 0.25) is 5.60 Å². The second-order valence-corrected chi connectivity index (χ2v) is 13.2. The zero-order chi connectivity index (χ0) is 29.0. The van der Waals surface area contributed by atoms with Crippen molar-refractivity contribution in [1.82, 2.24) is 15.2 Å². The summed E-state index contributed by atoms with van der Waals surface area (Å²) in [6.07, 6.45) is 3.40. The number of likely N-dealkylation sites (N-methyl/N-ethyl adjacent to an activating group) is 1. The smallest absolute Gasteiger partial charge is 0.352 e. The molecule has 1 saturated heterocycles. The third-order valence-corrected chi connectivity index (χ3v) is 9.58. The van der Waals surface area contributed by atoms with Crippen molar-refractivity contribution < 1.29 is 38.7 Å². The summed E-state index contributed by atoms with van der Waals surface area (Å²) < 4.78 is 0.702. The minimum absolute atomic E-state index is 0.0154. The van der Waals surface area contributed by atoms with Crippen molar-refractivity contribution >= 4 is 57.7 Å². The summed E-state index contributed by atoms with van der Waals surface area (Å²) in [4.78, 5) is 60.7. The first-order chi connectivity index (χ1) is 18.8. The van der Waals surface area contributed by atoms with Gasteiger partial charge in [-0.15, -0.1) is 23.1 Å². The first-order valence-corrected chi connectivity index (χ1v) is 14.7. The van der Waals surface area contributed by atoms with Gasteiger partial charge in [-0.25, -0.2) is 14.6 Å². The fourth-order valence-electron chi connectivity index (χ4n) is 5.61. The fraction of sp³-hybridized carbons (Fsp3) is 0.520. The fourth-order valence-corrected chi connectivity index (χ4v) is 7.50. The Morgan fingerprint density at radius 1 is 1.27 bits per heavy atom. The number of carboxylic acid groups (broad SMARTS) is 2. The number of nitrogens with one attached hydrogen (secondary N) is 1. The van der Waals surface area contributed by atoms with Crippen LogP contribution in [0.5, 0.6) is 0 Å². The molecule has 214 valence electrons. The Labute approximate surface area is 238 Å². The number of thiazole rings is 1. The molecule has 0 spiro atoms. The lowest BCUT2D eigenvalue weighted by atomic mass is 10.0. The zero-order valence-corrected chi connectivity index (χ0v) is 23.9. The number of fused-ring (bicyclic) bond motifs is 1. The molecule has 3 aliphatic heterocycles. The minimum atomic E-state index is -1.74. The average molecular weight is 592 g/mol. The summed E-state index contributed by atoms with van der Waals surface area (Å²) in [6, 6.07) is -1.01. The summed E-state index contributed by atoms with van der Waals surface area (Å²) in [5.74, 6) is -3.43. The molecule has 1 aliphatic carbocycles. The maximum absolute atomic E-state index is 13.2. The predicted molar refractivity (Wildman–Crippen MR) is 147 cm³/mol. The Morgan fingerprint density at radius 3 is 2.52 bits per heavy atom. The number of β-lactam (4-membered cyclic amide) rings is 1. The van der Waals surface area contributed by atoms with Crippen LogP contribution in [-0.4, -0.2) is 103 Å². The first-order valence-electron chi connectivity index (χ1n) is 12.7. The number of likely N-dealkylation sites (tertiary alicyclic amines) is 1. The Kier molecular flexibility index (Phi) is 7.17. The van der Waals surface area contributed by atoms with Crippen molar-refractivity contribution in [3.05, 3.63) is 33.5 Å². The highest BCUT2D eigenvalue weighted by Crippen LogP contribution is 2.42. The number of anilines is 1. The van der Waals surface area contributed by atoms with Crippen molar-refractivity contribution in [3.8, 4) is 0 Å². The van der Waals surface area contributed by atoms with Crippen LogP contribution in [0.15, 0.2) is 33.0 Å². The van der Waals surface area contributed by atoms with E-state index in [9.17, 15) is 29.4 Å². The molecule has 0 saturated carbocycles. The van der Waals surface area contributed by atoms with Crippen molar-refractivity contribution in [1.29, 1.82) is 0 Å². The third-order valence-electron chi connectivity index (χ3n) is 7.57. The Balaban J connectivity index is 1.33. The lowest BCUT2D eigenvalue weighted by Crippen LogP contribution is -2.71. The van der Waals surface area contributed by atoms with Crippen LogP contribution in [0, 0.1) is 0 Å². The second kappa shape index (κ2) is 10.2. The van der Waals surface area contributed by atoms with Crippen LogP contribution in [0.25, 0.3) is 0 Å². The van der Waals surface area contributed by atoms with Crippen molar-refractivity contribution in [3.63, 3.8) is 0 Å². The molecule has 40 heavy (non-hydrogen) atoms. The molecule has 2 amide bonds. The van der Waals surface area contributed by atoms with E-state index in [0.29, 0.717) is 22.4 Å². The zero-order valence-electron chi connectivity index (χ0n) is 22.3. The van der Waals surface area contributed by atoms with Gasteiger partial charge < -0.3 is 30.6 Å². The number of thioether (sulfide) groups is 1. The first kappa shape index (κ1) is 28.1. The number of rotatable bonds is 9. The molecule has 15 heteroatoms. The minimum Gasteiger partial charge on any atom is -0.478 e. The number of carbonyl (C=O) groups is 4. The van der Waals surface area contributed by atoms with Crippen LogP contribution >= 0.6 is 23.1 Å². The number of amides is 2. The molecule has 2 atom stereocenters. The lowest BCUT2D eigenvalue weighted by Gasteiger charge is -2.49. The van der Waals surface area contributed by atoms with E-state index in [1.165, 1.54) is 53.5 Å². The van der Waals surface area contributed by atoms with Crippen LogP contribution < -0.4 is 11.1 Å². The average Bonchev–Trinajstić information content (AvgIpc) is 3.57. The number of carbonyl (C=O) groups excluding carboxylic acids is 2. The van der Waals surface area contributed by atoms with Crippen molar-refractivity contribution in [2.45, 2.75) is 50.1 Å². The van der Waals surface area contributed by atoms with Crippen LogP contribution in [0.3, 0.4) is 0 Å². The summed E-state index contributed by atoms with van der Waals surface area (Å²) in [7, 11) is 2.13. The van der Waals surface area contributed by atoms with Gasteiger partial charge in [0.15, 0.2) is 10.8 Å². The summed E-state index contributed by atoms with van der Waals surface area (Å²) in [5.41, 5.74) is 7.33. The number of nitrogens with two attached hydrogens (primary N) is 1. The summed E-state index contributed by atoms with van der Waals surface area (Å²) in [6.45, 7) is 4.87. The third kappa shape index (κ3) is 5.08. The van der Waals surface area contributed by atoms with E-state index in [-0.39, 0.29) is 22.2 Å². The Hall–Kier alpha value is -3.43. The monoisotopic (exact) mass is 591 g/mol. The Bertz CT molecular complexity index is 1380. The summed E-state index contributed by atoms with van der Waals surface area (Å²) >= 11 is 2.44. The lowest BCUT2D eigenvalue weighted by molar-refractivity contribution is -0.890. The molecule has 1 fully saturated rings. The largest absolute Gasteiger partial charge is 0.478 e. The number of hydrogen-bond donors (Lipinski definition) is 4. The molecule has 1 aromatic heterocycles. The molecule has 0 unspecified atom stereocenters. The van der Waals surface area contributed by atoms with Crippen LogP contribution in [0.4, 0.5) is 5.13 Å². The predicted octanol–water partition coefficient (Wildman–Crippen LogP) is 0.989. The Morgan fingerprint density at radius 2 is 1.95 bits per heavy atom. The molecule has 0 radical (unpaired) electrons. The molecule has 0 bridgehead atoms. The highest BCUT2D eigenvalue weighted by atomic mass is 32.2. The second-order valence-electron chi connectivity index (χ2n) is 11.2. The highest BCUT2D eigenvalue weighted by Gasteiger charge is 2.55. The van der Waals surface area contributed by atoms with Gasteiger partial charge in [-0.3, -0.25) is 14.5 Å². The van der Waals surface area contributed by atoms with E-state index in [1.807, 2.05) is 0 Å². The van der Waals surface area contributed by atoms with E-state index in [2.05, 4.69) is 22.5 Å². The number of aliphatic carboxylic acids is 2. The SMILES string of the molecule is CC(C)(O/N=C(\C(=O)N[C@@H]1C(=O)N2C(C(=O)O)=C(C[N+]3(C)CC4=C(CCC4)C3)CS[C@H]12)c1csc(N)n1)C(=O)O. The molecular formula is C25H31N6O7S2+. The van der Waals surface area contributed by atoms with Gasteiger partial charge in [-0.1, -0.05) is 5.16 Å². The molecule has 4 heterocycles. The van der Waals surface area contributed by atoms with Gasteiger partial charge in [0.1, 0.15) is 42.4 Å². The van der Waals surface area contributed by atoms with Crippen LogP contribution in [0.2, 0.25) is 0 Å². The van der Waals surface area contributed by atoms with E-state index >= 15 is 0 Å². The molecule has 1 aromatic rings. The molecule has 4 aliphatic rings. The number of nitrogens with zero attached hydrogens (tertiary/aromatic N) is 4. The van der Waals surface area contributed by atoms with Crippen LogP contribution in [0.1, 0.15) is 38.8 Å². The van der Waals surface area contributed by atoms with E-state index in [4.69, 9.17) is 10.6 Å². The van der Waals surface area contributed by atoms with Gasteiger partial charge in [0, 0.05) is 16.7 Å². The normalized spacial score (nSPS) is 24.0. The number of carboxylic acids is 2. The van der Waals surface area contributed by atoms with E-state index < -0.39 is 40.8 Å². The van der Waals surface area contributed by atoms with Crippen molar-refractivity contribution in [2.24, 2.45) is 5.16 Å². The van der Waals surface area contributed by atoms with Gasteiger partial charge in [-0.2, -0.15) is 0 Å². The maximum atomic E-state index is 13.2. The van der Waals surface area contributed by atoms with Gasteiger partial charge in [-0.05, 0) is 44.3 Å². The number of hydrogen-bond acceptors (Lipinski definition) is 10. The van der Waals surface area contributed by atoms with Gasteiger partial charge in [0.25, 0.3) is 11.8 Å². The molecule has 0 aromatic carbocycles. The number of oxime groups is 1. The molecule has 5 rings (SSSR count).